The first-order valence-electron chi connectivity index (χ1n) is 7.40. The van der Waals surface area contributed by atoms with E-state index in [-0.39, 0.29) is 11.8 Å². The zero-order valence-electron chi connectivity index (χ0n) is 12.1. The lowest BCUT2D eigenvalue weighted by molar-refractivity contribution is -0.109. The third-order valence-electron chi connectivity index (χ3n) is 4.08. The van der Waals surface area contributed by atoms with Gasteiger partial charge in [-0.05, 0) is 35.7 Å². The van der Waals surface area contributed by atoms with Gasteiger partial charge in [-0.1, -0.05) is 37.6 Å². The molecule has 1 N–H and O–H groups in total. The smallest absolute Gasteiger partial charge is 0.147 e. The van der Waals surface area contributed by atoms with Crippen LogP contribution in [0.3, 0.4) is 0 Å². The van der Waals surface area contributed by atoms with Crippen LogP contribution in [0.25, 0.3) is 11.1 Å². The summed E-state index contributed by atoms with van der Waals surface area (Å²) in [5, 5.41) is 9.81. The molecular weight excluding hydrogens is 262 g/mol. The molecule has 0 saturated heterocycles. The van der Waals surface area contributed by atoms with Gasteiger partial charge in [0.1, 0.15) is 18.1 Å². The molecule has 0 bridgehead atoms. The number of nitrogens with zero attached hydrogens (tertiary/aromatic N) is 1. The summed E-state index contributed by atoms with van der Waals surface area (Å²) in [6.07, 6.45) is 3.13. The number of aldehydes is 1. The lowest BCUT2D eigenvalue weighted by atomic mass is 9.88. The van der Waals surface area contributed by atoms with Gasteiger partial charge in [0.05, 0.1) is 0 Å². The molecule has 3 nitrogen and oxygen atoms in total. The van der Waals surface area contributed by atoms with E-state index in [1.165, 1.54) is 0 Å². The number of hydrogen-bond acceptors (Lipinski definition) is 3. The Balaban J connectivity index is 2.19. The van der Waals surface area contributed by atoms with Gasteiger partial charge in [-0.15, -0.1) is 0 Å². The van der Waals surface area contributed by atoms with E-state index in [1.54, 1.807) is 12.1 Å². The number of carbonyl (C=O) groups excluding carboxylic acids is 1. The minimum atomic E-state index is -0.246. The normalized spacial score (nSPS) is 16.2. The van der Waals surface area contributed by atoms with Crippen LogP contribution in [0.5, 0.6) is 5.75 Å². The van der Waals surface area contributed by atoms with Crippen molar-refractivity contribution in [1.82, 2.24) is 0 Å². The first kappa shape index (κ1) is 13.7. The Morgan fingerprint density at radius 2 is 2.00 bits per heavy atom. The van der Waals surface area contributed by atoms with E-state index in [9.17, 15) is 9.90 Å². The van der Waals surface area contributed by atoms with Crippen LogP contribution in [-0.2, 0) is 4.79 Å². The van der Waals surface area contributed by atoms with Crippen LogP contribution in [0.1, 0.15) is 31.4 Å². The molecule has 0 aliphatic carbocycles. The van der Waals surface area contributed by atoms with E-state index < -0.39 is 0 Å². The molecule has 2 aromatic rings. The van der Waals surface area contributed by atoms with Crippen molar-refractivity contribution in [3.63, 3.8) is 0 Å². The summed E-state index contributed by atoms with van der Waals surface area (Å²) in [4.78, 5) is 13.8. The van der Waals surface area contributed by atoms with Crippen LogP contribution in [0.2, 0.25) is 0 Å². The Bertz CT molecular complexity index is 666. The average molecular weight is 281 g/mol. The predicted octanol–water partition coefficient (Wildman–Crippen LogP) is 3.92. The number of unbranched alkanes of at least 4 members (excludes halogenated alkanes) is 1. The molecule has 1 heterocycles. The third kappa shape index (κ3) is 2.29. The second-order valence-corrected chi connectivity index (χ2v) is 5.42. The van der Waals surface area contributed by atoms with Crippen molar-refractivity contribution in [2.45, 2.75) is 25.8 Å². The topological polar surface area (TPSA) is 40.5 Å². The number of aromatic hydroxyl groups is 1. The Morgan fingerprint density at radius 3 is 2.76 bits per heavy atom. The molecule has 3 heteroatoms. The zero-order valence-corrected chi connectivity index (χ0v) is 12.1. The lowest BCUT2D eigenvalue weighted by Crippen LogP contribution is -2.34. The van der Waals surface area contributed by atoms with E-state index >= 15 is 0 Å². The number of fused-ring (bicyclic) bond motifs is 3. The largest absolute Gasteiger partial charge is 0.508 e. The predicted molar refractivity (Wildman–Crippen MR) is 84.6 cm³/mol. The highest BCUT2D eigenvalue weighted by atomic mass is 16.3. The molecule has 21 heavy (non-hydrogen) atoms. The number of carbonyl (C=O) groups is 1. The molecule has 1 unspecified atom stereocenters. The van der Waals surface area contributed by atoms with Crippen molar-refractivity contribution in [3.8, 4) is 16.9 Å². The van der Waals surface area contributed by atoms with E-state index in [0.717, 1.165) is 48.1 Å². The summed E-state index contributed by atoms with van der Waals surface area (Å²) in [5.41, 5.74) is 4.08. The summed E-state index contributed by atoms with van der Waals surface area (Å²) in [6, 6.07) is 13.1. The van der Waals surface area contributed by atoms with Crippen LogP contribution in [0.4, 0.5) is 5.69 Å². The molecule has 3 rings (SSSR count). The molecular formula is C18H19NO2. The highest BCUT2D eigenvalue weighted by molar-refractivity contribution is 5.90. The highest BCUT2D eigenvalue weighted by Gasteiger charge is 2.30. The van der Waals surface area contributed by atoms with E-state index in [2.05, 4.69) is 11.8 Å². The molecule has 0 spiro atoms. The minimum Gasteiger partial charge on any atom is -0.508 e. The van der Waals surface area contributed by atoms with Gasteiger partial charge in [0.25, 0.3) is 0 Å². The number of benzene rings is 2. The van der Waals surface area contributed by atoms with Crippen LogP contribution < -0.4 is 4.90 Å². The van der Waals surface area contributed by atoms with Crippen LogP contribution in [-0.4, -0.2) is 17.9 Å². The molecule has 0 fully saturated rings. The molecule has 0 radical (unpaired) electrons. The Labute approximate surface area is 124 Å². The molecule has 0 saturated carbocycles. The molecule has 1 atom stereocenters. The fourth-order valence-electron chi connectivity index (χ4n) is 3.04. The second-order valence-electron chi connectivity index (χ2n) is 5.42. The molecule has 1 aliphatic heterocycles. The minimum absolute atomic E-state index is 0.246. The maximum atomic E-state index is 11.7. The summed E-state index contributed by atoms with van der Waals surface area (Å²) >= 11 is 0. The number of phenolic OH excluding ortho intramolecular Hbond substituents is 1. The Morgan fingerprint density at radius 1 is 1.19 bits per heavy atom. The Kier molecular flexibility index (Phi) is 3.65. The van der Waals surface area contributed by atoms with Crippen molar-refractivity contribution in [2.24, 2.45) is 0 Å². The maximum absolute atomic E-state index is 11.7. The van der Waals surface area contributed by atoms with Crippen LogP contribution >= 0.6 is 0 Å². The van der Waals surface area contributed by atoms with E-state index in [0.29, 0.717) is 0 Å². The highest BCUT2D eigenvalue weighted by Crippen LogP contribution is 2.45. The van der Waals surface area contributed by atoms with Crippen LogP contribution in [0, 0.1) is 0 Å². The Hall–Kier alpha value is -2.29. The van der Waals surface area contributed by atoms with Gasteiger partial charge in [-0.25, -0.2) is 0 Å². The quantitative estimate of drug-likeness (QED) is 0.863. The fourth-order valence-corrected chi connectivity index (χ4v) is 3.04. The number of phenols is 1. The second kappa shape index (κ2) is 5.60. The van der Waals surface area contributed by atoms with Gasteiger partial charge in [0.2, 0.25) is 0 Å². The summed E-state index contributed by atoms with van der Waals surface area (Å²) in [7, 11) is 0. The number of rotatable bonds is 4. The van der Waals surface area contributed by atoms with Gasteiger partial charge < -0.3 is 14.8 Å². The molecule has 1 aliphatic rings. The van der Waals surface area contributed by atoms with Gasteiger partial charge in [-0.2, -0.15) is 0 Å². The van der Waals surface area contributed by atoms with E-state index in [1.807, 2.05) is 30.3 Å². The van der Waals surface area contributed by atoms with Crippen molar-refractivity contribution < 1.29 is 9.90 Å². The number of hydrogen-bond donors (Lipinski definition) is 1. The first-order chi connectivity index (χ1) is 10.3. The van der Waals surface area contributed by atoms with Crippen LogP contribution in [0.15, 0.2) is 42.5 Å². The molecule has 108 valence electrons. The zero-order chi connectivity index (χ0) is 14.8. The van der Waals surface area contributed by atoms with Crippen molar-refractivity contribution in [3.05, 3.63) is 48.0 Å². The molecule has 0 aromatic heterocycles. The molecule has 2 aromatic carbocycles. The fraction of sp³-hybridized carbons (Fsp3) is 0.278. The lowest BCUT2D eigenvalue weighted by Gasteiger charge is -2.37. The summed E-state index contributed by atoms with van der Waals surface area (Å²) in [6.45, 7) is 2.98. The van der Waals surface area contributed by atoms with Crippen molar-refractivity contribution in [2.75, 3.05) is 11.4 Å². The van der Waals surface area contributed by atoms with E-state index in [4.69, 9.17) is 0 Å². The molecule has 0 amide bonds. The first-order valence-corrected chi connectivity index (χ1v) is 7.40. The van der Waals surface area contributed by atoms with Gasteiger partial charge in [0, 0.05) is 17.8 Å². The SMILES string of the molecule is CCCCN1c2ccc(O)cc2-c2ccccc2C1C=O. The summed E-state index contributed by atoms with van der Waals surface area (Å²) in [5.74, 6) is 0.253. The standard InChI is InChI=1S/C18H19NO2/c1-2-3-10-19-17-9-8-13(21)11-16(17)14-6-4-5-7-15(14)18(19)12-20/h4-9,11-12,18,21H,2-3,10H2,1H3. The monoisotopic (exact) mass is 281 g/mol. The summed E-state index contributed by atoms with van der Waals surface area (Å²) < 4.78 is 0. The van der Waals surface area contributed by atoms with Gasteiger partial charge >= 0.3 is 0 Å². The third-order valence-corrected chi connectivity index (χ3v) is 4.08. The average Bonchev–Trinajstić information content (AvgIpc) is 2.52. The maximum Gasteiger partial charge on any atom is 0.147 e. The van der Waals surface area contributed by atoms with Crippen molar-refractivity contribution in [1.29, 1.82) is 0 Å². The number of anilines is 1. The van der Waals surface area contributed by atoms with Gasteiger partial charge in [-0.3, -0.25) is 0 Å². The van der Waals surface area contributed by atoms with Crippen molar-refractivity contribution >= 4 is 12.0 Å². The van der Waals surface area contributed by atoms with Gasteiger partial charge in [0.15, 0.2) is 0 Å².